The molecule has 0 saturated carbocycles. The van der Waals surface area contributed by atoms with Crippen LogP contribution in [0.1, 0.15) is 30.6 Å². The van der Waals surface area contributed by atoms with Gasteiger partial charge in [0.25, 0.3) is 0 Å². The quantitative estimate of drug-likeness (QED) is 0.841. The van der Waals surface area contributed by atoms with Gasteiger partial charge >= 0.3 is 0 Å². The molecule has 20 heavy (non-hydrogen) atoms. The van der Waals surface area contributed by atoms with Crippen LogP contribution < -0.4 is 10.1 Å². The Bertz CT molecular complexity index is 499. The molecular formula is C16H21N3O. The molecule has 0 fully saturated rings. The van der Waals surface area contributed by atoms with Crippen LogP contribution in [0.2, 0.25) is 0 Å². The fraction of sp³-hybridized carbons (Fsp3) is 0.375. The van der Waals surface area contributed by atoms with Gasteiger partial charge in [0.05, 0.1) is 18.8 Å². The maximum absolute atomic E-state index is 5.05. The summed E-state index contributed by atoms with van der Waals surface area (Å²) in [4.78, 5) is 0. The molecule has 1 aromatic heterocycles. The number of rotatable bonds is 7. The Hall–Kier alpha value is -1.94. The van der Waals surface area contributed by atoms with Gasteiger partial charge < -0.3 is 10.1 Å². The summed E-state index contributed by atoms with van der Waals surface area (Å²) in [5, 5.41) is 11.8. The SMILES string of the molecule is CCCNC(Cc1ccccc1)c1ccc(OC)nn1. The normalized spacial score (nSPS) is 12.1. The number of aromatic nitrogens is 2. The van der Waals surface area contributed by atoms with E-state index < -0.39 is 0 Å². The Morgan fingerprint density at radius 3 is 2.50 bits per heavy atom. The highest BCUT2D eigenvalue weighted by Crippen LogP contribution is 2.17. The summed E-state index contributed by atoms with van der Waals surface area (Å²) in [6, 6.07) is 14.4. The highest BCUT2D eigenvalue weighted by Gasteiger charge is 2.13. The first-order chi connectivity index (χ1) is 9.83. The van der Waals surface area contributed by atoms with E-state index in [1.165, 1.54) is 5.56 Å². The molecule has 4 nitrogen and oxygen atoms in total. The largest absolute Gasteiger partial charge is 0.480 e. The van der Waals surface area contributed by atoms with Crippen molar-refractivity contribution in [1.29, 1.82) is 0 Å². The number of nitrogens with one attached hydrogen (secondary N) is 1. The van der Waals surface area contributed by atoms with Crippen LogP contribution in [-0.2, 0) is 6.42 Å². The van der Waals surface area contributed by atoms with E-state index in [2.05, 4.69) is 46.7 Å². The van der Waals surface area contributed by atoms with Crippen molar-refractivity contribution in [1.82, 2.24) is 15.5 Å². The molecule has 0 saturated heterocycles. The van der Waals surface area contributed by atoms with Crippen LogP contribution in [0.25, 0.3) is 0 Å². The number of nitrogens with zero attached hydrogens (tertiary/aromatic N) is 2. The van der Waals surface area contributed by atoms with Crippen molar-refractivity contribution < 1.29 is 4.74 Å². The number of ether oxygens (including phenoxy) is 1. The first-order valence-electron chi connectivity index (χ1n) is 6.98. The van der Waals surface area contributed by atoms with Crippen molar-refractivity contribution in [2.24, 2.45) is 0 Å². The fourth-order valence-electron chi connectivity index (χ4n) is 2.07. The highest BCUT2D eigenvalue weighted by molar-refractivity contribution is 5.20. The van der Waals surface area contributed by atoms with E-state index in [9.17, 15) is 0 Å². The molecule has 0 aliphatic carbocycles. The summed E-state index contributed by atoms with van der Waals surface area (Å²) < 4.78 is 5.05. The number of hydrogen-bond donors (Lipinski definition) is 1. The topological polar surface area (TPSA) is 47.0 Å². The molecule has 0 aliphatic rings. The Kier molecular flexibility index (Phi) is 5.50. The van der Waals surface area contributed by atoms with E-state index in [0.29, 0.717) is 5.88 Å². The molecular weight excluding hydrogens is 250 g/mol. The van der Waals surface area contributed by atoms with Crippen molar-refractivity contribution >= 4 is 0 Å². The van der Waals surface area contributed by atoms with Gasteiger partial charge in [-0.05, 0) is 31.0 Å². The molecule has 1 atom stereocenters. The van der Waals surface area contributed by atoms with E-state index in [0.717, 1.165) is 25.1 Å². The predicted molar refractivity (Wildman–Crippen MR) is 79.8 cm³/mol. The summed E-state index contributed by atoms with van der Waals surface area (Å²) in [5.41, 5.74) is 2.24. The van der Waals surface area contributed by atoms with Gasteiger partial charge in [0.2, 0.25) is 5.88 Å². The molecule has 0 radical (unpaired) electrons. The number of hydrogen-bond acceptors (Lipinski definition) is 4. The van der Waals surface area contributed by atoms with E-state index in [-0.39, 0.29) is 6.04 Å². The van der Waals surface area contributed by atoms with E-state index in [1.54, 1.807) is 7.11 Å². The third kappa shape index (κ3) is 4.03. The maximum Gasteiger partial charge on any atom is 0.233 e. The molecule has 106 valence electrons. The molecule has 1 aromatic carbocycles. The standard InChI is InChI=1S/C16H21N3O/c1-3-11-17-15(12-13-7-5-4-6-8-13)14-9-10-16(20-2)19-18-14/h4-10,15,17H,3,11-12H2,1-2H3. The average Bonchev–Trinajstić information content (AvgIpc) is 2.52. The van der Waals surface area contributed by atoms with Gasteiger partial charge in [-0.15, -0.1) is 5.10 Å². The van der Waals surface area contributed by atoms with Crippen molar-refractivity contribution in [2.45, 2.75) is 25.8 Å². The first-order valence-corrected chi connectivity index (χ1v) is 6.98. The summed E-state index contributed by atoms with van der Waals surface area (Å²) in [6.45, 7) is 3.12. The average molecular weight is 271 g/mol. The first kappa shape index (κ1) is 14.5. The number of benzene rings is 1. The maximum atomic E-state index is 5.05. The van der Waals surface area contributed by atoms with Gasteiger partial charge in [-0.1, -0.05) is 37.3 Å². The zero-order valence-electron chi connectivity index (χ0n) is 12.0. The summed E-state index contributed by atoms with van der Waals surface area (Å²) in [6.07, 6.45) is 2.00. The van der Waals surface area contributed by atoms with Crippen LogP contribution in [0, 0.1) is 0 Å². The Balaban J connectivity index is 2.13. The van der Waals surface area contributed by atoms with Crippen LogP contribution in [0.3, 0.4) is 0 Å². The minimum atomic E-state index is 0.177. The van der Waals surface area contributed by atoms with Crippen molar-refractivity contribution in [3.05, 3.63) is 53.7 Å². The van der Waals surface area contributed by atoms with Crippen LogP contribution in [0.4, 0.5) is 0 Å². The van der Waals surface area contributed by atoms with Gasteiger partial charge in [-0.25, -0.2) is 0 Å². The summed E-state index contributed by atoms with van der Waals surface area (Å²) in [7, 11) is 1.60. The molecule has 0 bridgehead atoms. The fourth-order valence-corrected chi connectivity index (χ4v) is 2.07. The molecule has 0 amide bonds. The van der Waals surface area contributed by atoms with Crippen molar-refractivity contribution in [2.75, 3.05) is 13.7 Å². The van der Waals surface area contributed by atoms with Crippen LogP contribution in [0.5, 0.6) is 5.88 Å². The highest BCUT2D eigenvalue weighted by atomic mass is 16.5. The van der Waals surface area contributed by atoms with Crippen molar-refractivity contribution in [3.8, 4) is 5.88 Å². The molecule has 2 rings (SSSR count). The molecule has 1 unspecified atom stereocenters. The molecule has 0 aliphatic heterocycles. The Morgan fingerprint density at radius 2 is 1.90 bits per heavy atom. The summed E-state index contributed by atoms with van der Waals surface area (Å²) >= 11 is 0. The zero-order valence-corrected chi connectivity index (χ0v) is 12.0. The molecule has 1 heterocycles. The molecule has 4 heteroatoms. The smallest absolute Gasteiger partial charge is 0.233 e. The molecule has 0 spiro atoms. The monoisotopic (exact) mass is 271 g/mol. The minimum Gasteiger partial charge on any atom is -0.480 e. The Morgan fingerprint density at radius 1 is 1.10 bits per heavy atom. The second-order valence-electron chi connectivity index (χ2n) is 4.70. The van der Waals surface area contributed by atoms with Gasteiger partial charge in [-0.3, -0.25) is 0 Å². The lowest BCUT2D eigenvalue weighted by Gasteiger charge is -2.17. The minimum absolute atomic E-state index is 0.177. The van der Waals surface area contributed by atoms with Crippen molar-refractivity contribution in [3.63, 3.8) is 0 Å². The van der Waals surface area contributed by atoms with Gasteiger partial charge in [0.1, 0.15) is 0 Å². The third-order valence-corrected chi connectivity index (χ3v) is 3.15. The third-order valence-electron chi connectivity index (χ3n) is 3.15. The zero-order chi connectivity index (χ0) is 14.2. The lowest BCUT2D eigenvalue weighted by Crippen LogP contribution is -2.25. The van der Waals surface area contributed by atoms with Gasteiger partial charge in [-0.2, -0.15) is 5.10 Å². The van der Waals surface area contributed by atoms with Crippen LogP contribution in [0.15, 0.2) is 42.5 Å². The molecule has 1 N–H and O–H groups in total. The van der Waals surface area contributed by atoms with Crippen LogP contribution >= 0.6 is 0 Å². The van der Waals surface area contributed by atoms with E-state index >= 15 is 0 Å². The lowest BCUT2D eigenvalue weighted by molar-refractivity contribution is 0.389. The van der Waals surface area contributed by atoms with E-state index in [1.807, 2.05) is 18.2 Å². The Labute approximate surface area is 120 Å². The van der Waals surface area contributed by atoms with Gasteiger partial charge in [0.15, 0.2) is 0 Å². The van der Waals surface area contributed by atoms with Gasteiger partial charge in [0, 0.05) is 6.07 Å². The second kappa shape index (κ2) is 7.60. The second-order valence-corrected chi connectivity index (χ2v) is 4.70. The van der Waals surface area contributed by atoms with Crippen LogP contribution in [-0.4, -0.2) is 23.9 Å². The molecule has 2 aromatic rings. The van der Waals surface area contributed by atoms with E-state index in [4.69, 9.17) is 4.74 Å². The predicted octanol–water partition coefficient (Wildman–Crippen LogP) is 2.77. The number of methoxy groups -OCH3 is 1. The lowest BCUT2D eigenvalue weighted by atomic mass is 10.0. The summed E-state index contributed by atoms with van der Waals surface area (Å²) in [5.74, 6) is 0.544.